The summed E-state index contributed by atoms with van der Waals surface area (Å²) in [4.78, 5) is 11.8. The van der Waals surface area contributed by atoms with Crippen molar-refractivity contribution in [3.63, 3.8) is 0 Å². The van der Waals surface area contributed by atoms with Crippen LogP contribution in [0.2, 0.25) is 0 Å². The first-order valence-electron chi connectivity index (χ1n) is 5.92. The van der Waals surface area contributed by atoms with Gasteiger partial charge in [0.2, 0.25) is 0 Å². The lowest BCUT2D eigenvalue weighted by Crippen LogP contribution is -1.85. The van der Waals surface area contributed by atoms with Gasteiger partial charge in [-0.15, -0.1) is 11.8 Å². The van der Waals surface area contributed by atoms with Crippen molar-refractivity contribution in [1.82, 2.24) is 0 Å². The molecule has 0 unspecified atom stereocenters. The summed E-state index contributed by atoms with van der Waals surface area (Å²) < 4.78 is 0. The van der Waals surface area contributed by atoms with E-state index in [4.69, 9.17) is 0 Å². The van der Waals surface area contributed by atoms with E-state index in [-0.39, 0.29) is 0 Å². The van der Waals surface area contributed by atoms with Gasteiger partial charge in [0.1, 0.15) is 6.29 Å². The predicted molar refractivity (Wildman–Crippen MR) is 77.3 cm³/mol. The van der Waals surface area contributed by atoms with Crippen LogP contribution in [0, 0.1) is 13.8 Å². The highest BCUT2D eigenvalue weighted by Gasteiger charge is 1.99. The molecule has 92 valence electrons. The van der Waals surface area contributed by atoms with Gasteiger partial charge in [-0.1, -0.05) is 41.5 Å². The monoisotopic (exact) mass is 256 g/mol. The Kier molecular flexibility index (Phi) is 4.21. The molecule has 0 heterocycles. The minimum absolute atomic E-state index is 0.728. The lowest BCUT2D eigenvalue weighted by Gasteiger charge is -2.05. The van der Waals surface area contributed by atoms with E-state index in [2.05, 4.69) is 32.0 Å². The Morgan fingerprint density at radius 1 is 1.00 bits per heavy atom. The normalized spacial score (nSPS) is 10.3. The average Bonchev–Trinajstić information content (AvgIpc) is 2.36. The van der Waals surface area contributed by atoms with Gasteiger partial charge in [-0.25, -0.2) is 0 Å². The van der Waals surface area contributed by atoms with Gasteiger partial charge in [-0.05, 0) is 31.5 Å². The SMILES string of the molecule is Cc1cc(C)cc(CSc2ccc(C=O)cc2)c1. The van der Waals surface area contributed by atoms with E-state index in [0.29, 0.717) is 0 Å². The van der Waals surface area contributed by atoms with Crippen LogP contribution in [0.25, 0.3) is 0 Å². The number of thioether (sulfide) groups is 1. The van der Waals surface area contributed by atoms with Crippen molar-refractivity contribution in [2.24, 2.45) is 0 Å². The Bertz CT molecular complexity index is 523. The second-order valence-electron chi connectivity index (χ2n) is 4.47. The van der Waals surface area contributed by atoms with Crippen molar-refractivity contribution >= 4 is 18.0 Å². The second-order valence-corrected chi connectivity index (χ2v) is 5.52. The van der Waals surface area contributed by atoms with Gasteiger partial charge in [0, 0.05) is 16.2 Å². The Hall–Kier alpha value is -1.54. The summed E-state index contributed by atoms with van der Waals surface area (Å²) in [7, 11) is 0. The summed E-state index contributed by atoms with van der Waals surface area (Å²) in [6.45, 7) is 4.25. The zero-order valence-electron chi connectivity index (χ0n) is 10.6. The van der Waals surface area contributed by atoms with Gasteiger partial charge in [-0.2, -0.15) is 0 Å². The first-order valence-corrected chi connectivity index (χ1v) is 6.91. The minimum Gasteiger partial charge on any atom is -0.298 e. The van der Waals surface area contributed by atoms with E-state index < -0.39 is 0 Å². The summed E-state index contributed by atoms with van der Waals surface area (Å²) in [5.74, 6) is 0.961. The second kappa shape index (κ2) is 5.87. The Balaban J connectivity index is 2.03. The topological polar surface area (TPSA) is 17.1 Å². The van der Waals surface area contributed by atoms with Crippen LogP contribution in [-0.4, -0.2) is 6.29 Å². The lowest BCUT2D eigenvalue weighted by atomic mass is 10.1. The summed E-state index contributed by atoms with van der Waals surface area (Å²) >= 11 is 1.79. The highest BCUT2D eigenvalue weighted by molar-refractivity contribution is 7.98. The van der Waals surface area contributed by atoms with Gasteiger partial charge in [0.15, 0.2) is 0 Å². The van der Waals surface area contributed by atoms with Crippen LogP contribution in [0.15, 0.2) is 47.4 Å². The maximum Gasteiger partial charge on any atom is 0.150 e. The minimum atomic E-state index is 0.728. The van der Waals surface area contributed by atoms with Crippen molar-refractivity contribution < 1.29 is 4.79 Å². The molecule has 0 aliphatic carbocycles. The molecular weight excluding hydrogens is 240 g/mol. The maximum atomic E-state index is 10.6. The molecule has 0 N–H and O–H groups in total. The molecule has 0 amide bonds. The van der Waals surface area contributed by atoms with E-state index in [1.807, 2.05) is 24.3 Å². The number of benzene rings is 2. The molecule has 0 aliphatic rings. The number of rotatable bonds is 4. The number of hydrogen-bond acceptors (Lipinski definition) is 2. The molecule has 0 fully saturated rings. The van der Waals surface area contributed by atoms with Crippen LogP contribution >= 0.6 is 11.8 Å². The summed E-state index contributed by atoms with van der Waals surface area (Å²) in [6.07, 6.45) is 0.873. The maximum absolute atomic E-state index is 10.6. The third-order valence-corrected chi connectivity index (χ3v) is 3.79. The molecule has 2 heteroatoms. The van der Waals surface area contributed by atoms with E-state index >= 15 is 0 Å². The zero-order chi connectivity index (χ0) is 13.0. The number of carbonyl (C=O) groups excluding carboxylic acids is 1. The molecule has 0 aromatic heterocycles. The Morgan fingerprint density at radius 2 is 1.61 bits per heavy atom. The molecule has 0 aliphatic heterocycles. The Labute approximate surface area is 112 Å². The van der Waals surface area contributed by atoms with Gasteiger partial charge >= 0.3 is 0 Å². The smallest absolute Gasteiger partial charge is 0.150 e. The molecule has 2 rings (SSSR count). The van der Waals surface area contributed by atoms with Crippen molar-refractivity contribution in [2.75, 3.05) is 0 Å². The largest absolute Gasteiger partial charge is 0.298 e. The van der Waals surface area contributed by atoms with E-state index in [0.717, 1.165) is 17.6 Å². The summed E-state index contributed by atoms with van der Waals surface area (Å²) in [6, 6.07) is 14.3. The fourth-order valence-corrected chi connectivity index (χ4v) is 2.79. The van der Waals surface area contributed by atoms with Gasteiger partial charge < -0.3 is 0 Å². The highest BCUT2D eigenvalue weighted by atomic mass is 32.2. The quantitative estimate of drug-likeness (QED) is 0.595. The fraction of sp³-hybridized carbons (Fsp3) is 0.188. The van der Waals surface area contributed by atoms with Gasteiger partial charge in [0.05, 0.1) is 0 Å². The first-order chi connectivity index (χ1) is 8.67. The van der Waals surface area contributed by atoms with E-state index in [9.17, 15) is 4.79 Å². The number of aldehydes is 1. The molecule has 0 radical (unpaired) electrons. The van der Waals surface area contributed by atoms with Crippen LogP contribution in [0.5, 0.6) is 0 Å². The van der Waals surface area contributed by atoms with Crippen molar-refractivity contribution in [3.05, 3.63) is 64.7 Å². The first kappa shape index (κ1) is 12.9. The number of hydrogen-bond donors (Lipinski definition) is 0. The fourth-order valence-electron chi connectivity index (χ4n) is 1.96. The molecule has 0 spiro atoms. The number of carbonyl (C=O) groups is 1. The van der Waals surface area contributed by atoms with Crippen LogP contribution in [0.1, 0.15) is 27.0 Å². The van der Waals surface area contributed by atoms with Crippen LogP contribution < -0.4 is 0 Å². The van der Waals surface area contributed by atoms with Gasteiger partial charge in [0.25, 0.3) is 0 Å². The molecule has 0 bridgehead atoms. The number of aryl methyl sites for hydroxylation is 2. The third-order valence-electron chi connectivity index (χ3n) is 2.70. The van der Waals surface area contributed by atoms with Crippen molar-refractivity contribution in [3.8, 4) is 0 Å². The van der Waals surface area contributed by atoms with Crippen LogP contribution in [0.3, 0.4) is 0 Å². The molecule has 2 aromatic rings. The highest BCUT2D eigenvalue weighted by Crippen LogP contribution is 2.23. The molecule has 0 saturated heterocycles. The average molecular weight is 256 g/mol. The van der Waals surface area contributed by atoms with Gasteiger partial charge in [-0.3, -0.25) is 4.79 Å². The molecule has 2 aromatic carbocycles. The van der Waals surface area contributed by atoms with Crippen molar-refractivity contribution in [2.45, 2.75) is 24.5 Å². The summed E-state index contributed by atoms with van der Waals surface area (Å²) in [5.41, 5.74) is 4.69. The molecule has 18 heavy (non-hydrogen) atoms. The predicted octanol–water partition coefficient (Wildman–Crippen LogP) is 4.41. The lowest BCUT2D eigenvalue weighted by molar-refractivity contribution is 0.112. The third kappa shape index (κ3) is 3.47. The molecule has 1 nitrogen and oxygen atoms in total. The van der Waals surface area contributed by atoms with Crippen LogP contribution in [-0.2, 0) is 5.75 Å². The Morgan fingerprint density at radius 3 is 2.17 bits per heavy atom. The molecular formula is C16H16OS. The summed E-state index contributed by atoms with van der Waals surface area (Å²) in [5, 5.41) is 0. The van der Waals surface area contributed by atoms with E-state index in [1.165, 1.54) is 21.6 Å². The van der Waals surface area contributed by atoms with Crippen molar-refractivity contribution in [1.29, 1.82) is 0 Å². The molecule has 0 saturated carbocycles. The van der Waals surface area contributed by atoms with Crippen LogP contribution in [0.4, 0.5) is 0 Å². The molecule has 0 atom stereocenters. The van der Waals surface area contributed by atoms with E-state index in [1.54, 1.807) is 11.8 Å². The zero-order valence-corrected chi connectivity index (χ0v) is 11.5. The standard InChI is InChI=1S/C16H16OS/c1-12-7-13(2)9-15(8-12)11-18-16-5-3-14(10-17)4-6-16/h3-10H,11H2,1-2H3.